The first-order chi connectivity index (χ1) is 9.32. The summed E-state index contributed by atoms with van der Waals surface area (Å²) in [6.07, 6.45) is 0.865. The molecule has 1 aliphatic rings. The van der Waals surface area contributed by atoms with Crippen molar-refractivity contribution in [3.63, 3.8) is 0 Å². The monoisotopic (exact) mass is 309 g/mol. The lowest BCUT2D eigenvalue weighted by Gasteiger charge is -2.33. The van der Waals surface area contributed by atoms with Crippen molar-refractivity contribution < 1.29 is 17.0 Å². The molecule has 0 spiro atoms. The van der Waals surface area contributed by atoms with Gasteiger partial charge in [0.2, 0.25) is 0 Å². The average molecular weight is 310 g/mol. The summed E-state index contributed by atoms with van der Waals surface area (Å²) in [5.41, 5.74) is 13.8. The quantitative estimate of drug-likeness (QED) is 0.603. The molecular weight excluding hydrogens is 286 g/mol. The van der Waals surface area contributed by atoms with Crippen LogP contribution in [-0.4, -0.2) is 22.2 Å². The van der Waals surface area contributed by atoms with Gasteiger partial charge in [-0.05, 0) is 31.9 Å². The van der Waals surface area contributed by atoms with Crippen molar-refractivity contribution in [1.29, 1.82) is 0 Å². The Morgan fingerprint density at radius 1 is 1.24 bits per heavy atom. The highest BCUT2D eigenvalue weighted by molar-refractivity contribution is 5.96. The van der Waals surface area contributed by atoms with Gasteiger partial charge in [0.1, 0.15) is 5.69 Å². The Morgan fingerprint density at radius 2 is 1.81 bits per heavy atom. The summed E-state index contributed by atoms with van der Waals surface area (Å²) in [6, 6.07) is 8.25. The molecule has 1 heterocycles. The smallest absolute Gasteiger partial charge is 0.357 e. The fraction of sp³-hybridized carbons (Fsp3) is 0.467. The van der Waals surface area contributed by atoms with E-state index < -0.39 is 5.66 Å². The van der Waals surface area contributed by atoms with E-state index in [0.717, 1.165) is 12.1 Å². The Bertz CT molecular complexity index is 562. The summed E-state index contributed by atoms with van der Waals surface area (Å²) in [6.45, 7) is 8.47. The summed E-state index contributed by atoms with van der Waals surface area (Å²) in [5.74, 6) is 1.37. The molecule has 1 aromatic carbocycles. The van der Waals surface area contributed by atoms with Crippen LogP contribution >= 0.6 is 0 Å². The lowest BCUT2D eigenvalue weighted by Crippen LogP contribution is -3.00. The Balaban J connectivity index is 0.00000220. The normalized spacial score (nSPS) is 21.7. The second-order valence-corrected chi connectivity index (χ2v) is 5.99. The third-order valence-electron chi connectivity index (χ3n) is 3.43. The summed E-state index contributed by atoms with van der Waals surface area (Å²) in [7, 11) is 0. The van der Waals surface area contributed by atoms with Crippen LogP contribution in [0.4, 0.5) is 5.69 Å². The predicted octanol–water partition coefficient (Wildman–Crippen LogP) is -1.36. The van der Waals surface area contributed by atoms with Crippen molar-refractivity contribution in [3.05, 3.63) is 29.8 Å². The highest BCUT2D eigenvalue weighted by Gasteiger charge is 2.39. The van der Waals surface area contributed by atoms with Crippen LogP contribution in [0.25, 0.3) is 0 Å². The highest BCUT2D eigenvalue weighted by Crippen LogP contribution is 2.30. The van der Waals surface area contributed by atoms with Gasteiger partial charge in [0.15, 0.2) is 5.66 Å². The molecule has 2 rings (SSSR count). The lowest BCUT2D eigenvalue weighted by molar-refractivity contribution is -0.535. The lowest BCUT2D eigenvalue weighted by atomic mass is 9.97. The van der Waals surface area contributed by atoms with E-state index in [0.29, 0.717) is 17.8 Å². The van der Waals surface area contributed by atoms with E-state index in [4.69, 9.17) is 11.5 Å². The van der Waals surface area contributed by atoms with Crippen LogP contribution in [0.2, 0.25) is 0 Å². The highest BCUT2D eigenvalue weighted by atomic mass is 35.5. The molecule has 21 heavy (non-hydrogen) atoms. The third-order valence-corrected chi connectivity index (χ3v) is 3.43. The van der Waals surface area contributed by atoms with E-state index in [1.165, 1.54) is 5.56 Å². The number of hydrogen-bond acceptors (Lipinski definition) is 4. The molecule has 1 aromatic rings. The molecule has 0 radical (unpaired) electrons. The maximum Gasteiger partial charge on any atom is 0.357 e. The predicted molar refractivity (Wildman–Crippen MR) is 82.9 cm³/mol. The zero-order chi connectivity index (χ0) is 14.9. The van der Waals surface area contributed by atoms with E-state index in [2.05, 4.69) is 62.3 Å². The fourth-order valence-corrected chi connectivity index (χ4v) is 2.81. The van der Waals surface area contributed by atoms with Gasteiger partial charge in [-0.1, -0.05) is 31.5 Å². The zero-order valence-electron chi connectivity index (χ0n) is 13.0. The number of hydrogen-bond donors (Lipinski definition) is 3. The van der Waals surface area contributed by atoms with Gasteiger partial charge in [0.25, 0.3) is 5.96 Å². The molecule has 0 saturated carbocycles. The summed E-state index contributed by atoms with van der Waals surface area (Å²) in [4.78, 5) is 4.59. The first-order valence-electron chi connectivity index (χ1n) is 6.93. The molecule has 5 nitrogen and oxygen atoms in total. The van der Waals surface area contributed by atoms with Crippen molar-refractivity contribution in [3.8, 4) is 0 Å². The van der Waals surface area contributed by atoms with Crippen LogP contribution in [-0.2, 0) is 0 Å². The molecule has 1 atom stereocenters. The molecule has 0 aromatic heterocycles. The second-order valence-electron chi connectivity index (χ2n) is 5.99. The van der Waals surface area contributed by atoms with Crippen LogP contribution in [0.1, 0.15) is 32.8 Å². The van der Waals surface area contributed by atoms with Gasteiger partial charge in [-0.15, -0.1) is 0 Å². The fourth-order valence-electron chi connectivity index (χ4n) is 2.81. The van der Waals surface area contributed by atoms with E-state index in [9.17, 15) is 0 Å². The minimum Gasteiger partial charge on any atom is -1.00 e. The van der Waals surface area contributed by atoms with Gasteiger partial charge in [-0.3, -0.25) is 5.73 Å². The Kier molecular flexibility index (Phi) is 5.23. The third kappa shape index (κ3) is 3.67. The van der Waals surface area contributed by atoms with E-state index >= 15 is 0 Å². The number of aliphatic imine (C=N–C) groups is 1. The molecule has 0 aliphatic carbocycles. The number of benzene rings is 1. The van der Waals surface area contributed by atoms with Crippen molar-refractivity contribution >= 4 is 17.6 Å². The maximum atomic E-state index is 6.16. The van der Waals surface area contributed by atoms with Crippen LogP contribution in [0.3, 0.4) is 0 Å². The molecule has 0 fully saturated rings. The number of nitrogens with two attached hydrogens (primary N) is 2. The first kappa shape index (κ1) is 17.3. The van der Waals surface area contributed by atoms with Gasteiger partial charge >= 0.3 is 5.96 Å². The van der Waals surface area contributed by atoms with Crippen molar-refractivity contribution in [2.75, 3.05) is 0 Å². The van der Waals surface area contributed by atoms with Gasteiger partial charge in [-0.25, -0.2) is 9.89 Å². The number of guanidine groups is 2. The number of nitrogens with one attached hydrogen (secondary N) is 1. The van der Waals surface area contributed by atoms with E-state index in [1.54, 1.807) is 0 Å². The summed E-state index contributed by atoms with van der Waals surface area (Å²) < 4.78 is 2.02. The molecule has 116 valence electrons. The second kappa shape index (κ2) is 6.35. The molecular formula is C15H24ClN5. The molecule has 1 unspecified atom stereocenters. The molecule has 0 bridgehead atoms. The summed E-state index contributed by atoms with van der Waals surface area (Å²) >= 11 is 0. The Labute approximate surface area is 132 Å². The minimum atomic E-state index is -0.469. The van der Waals surface area contributed by atoms with Crippen LogP contribution < -0.4 is 29.2 Å². The van der Waals surface area contributed by atoms with Gasteiger partial charge < -0.3 is 18.1 Å². The first-order valence-corrected chi connectivity index (χ1v) is 6.93. The maximum absolute atomic E-state index is 6.16. The van der Waals surface area contributed by atoms with Crippen LogP contribution in [0.15, 0.2) is 29.3 Å². The minimum absolute atomic E-state index is 0. The summed E-state index contributed by atoms with van der Waals surface area (Å²) in [5, 5.41) is 2.92. The molecule has 1 aliphatic heterocycles. The number of halogens is 1. The number of nitrogens with zero attached hydrogens (tertiary/aromatic N) is 2. The van der Waals surface area contributed by atoms with Gasteiger partial charge in [0, 0.05) is 6.42 Å². The number of aryl methyl sites for hydroxylation is 1. The molecule has 0 saturated heterocycles. The SMILES string of the molecule is Cc1ccc([N+]2=C(N)NC(N)=NC2(C)CC(C)C)cc1.[Cl-]. The largest absolute Gasteiger partial charge is 1.00 e. The Hall–Kier alpha value is -1.75. The average Bonchev–Trinajstić information content (AvgIpc) is 2.28. The zero-order valence-corrected chi connectivity index (χ0v) is 13.8. The molecule has 6 heteroatoms. The van der Waals surface area contributed by atoms with Crippen molar-refractivity contribution in [1.82, 2.24) is 5.32 Å². The van der Waals surface area contributed by atoms with Crippen LogP contribution in [0.5, 0.6) is 0 Å². The number of rotatable bonds is 3. The molecule has 0 amide bonds. The van der Waals surface area contributed by atoms with Crippen molar-refractivity contribution in [2.45, 2.75) is 39.8 Å². The van der Waals surface area contributed by atoms with Crippen molar-refractivity contribution in [2.24, 2.45) is 22.4 Å². The van der Waals surface area contributed by atoms with Gasteiger partial charge in [-0.2, -0.15) is 4.99 Å². The molecule has 5 N–H and O–H groups in total. The Morgan fingerprint density at radius 3 is 2.33 bits per heavy atom. The van der Waals surface area contributed by atoms with E-state index in [1.807, 2.05) is 4.58 Å². The van der Waals surface area contributed by atoms with Crippen LogP contribution in [0, 0.1) is 12.8 Å². The topological polar surface area (TPSA) is 79.4 Å². The van der Waals surface area contributed by atoms with E-state index in [-0.39, 0.29) is 12.4 Å². The van der Waals surface area contributed by atoms with Gasteiger partial charge in [0.05, 0.1) is 0 Å². The standard InChI is InChI=1S/C15H23N5.ClH/c1-10(2)9-15(4)19-13(16)18-14(17)20(15)12-7-5-11(3)6-8-12;/h5-8,10H,9H2,1-4H3,(H4,16,17,18,19);1H.